The van der Waals surface area contributed by atoms with Crippen molar-refractivity contribution in [3.05, 3.63) is 47.8 Å². The van der Waals surface area contributed by atoms with Gasteiger partial charge in [-0.1, -0.05) is 12.1 Å². The van der Waals surface area contributed by atoms with Crippen molar-refractivity contribution in [2.75, 3.05) is 0 Å². The molecule has 2 saturated carbocycles. The summed E-state index contributed by atoms with van der Waals surface area (Å²) >= 11 is 0. The first-order chi connectivity index (χ1) is 11.2. The quantitative estimate of drug-likeness (QED) is 0.593. The van der Waals surface area contributed by atoms with Gasteiger partial charge in [-0.2, -0.15) is 0 Å². The third kappa shape index (κ3) is 3.99. The fourth-order valence-electron chi connectivity index (χ4n) is 4.60. The molecule has 0 radical (unpaired) electrons. The molecule has 0 amide bonds. The summed E-state index contributed by atoms with van der Waals surface area (Å²) < 4.78 is 38.7. The highest BCUT2D eigenvalue weighted by atomic mass is 19.2. The lowest BCUT2D eigenvalue weighted by atomic mass is 9.68. The van der Waals surface area contributed by atoms with E-state index in [1.54, 1.807) is 12.1 Å². The van der Waals surface area contributed by atoms with Gasteiger partial charge >= 0.3 is 0 Å². The zero-order chi connectivity index (χ0) is 16.2. The summed E-state index contributed by atoms with van der Waals surface area (Å²) in [6.45, 7) is 0. The number of hydrogen-bond donors (Lipinski definition) is 0. The van der Waals surface area contributed by atoms with Gasteiger partial charge in [0.15, 0.2) is 11.6 Å². The van der Waals surface area contributed by atoms with Crippen LogP contribution >= 0.6 is 0 Å². The van der Waals surface area contributed by atoms with Gasteiger partial charge in [-0.3, -0.25) is 0 Å². The van der Waals surface area contributed by atoms with Crippen LogP contribution in [-0.4, -0.2) is 0 Å². The molecule has 0 aromatic heterocycles. The molecule has 0 atom stereocenters. The zero-order valence-electron chi connectivity index (χ0n) is 13.5. The van der Waals surface area contributed by atoms with Crippen molar-refractivity contribution in [1.82, 2.24) is 0 Å². The van der Waals surface area contributed by atoms with Crippen LogP contribution < -0.4 is 0 Å². The van der Waals surface area contributed by atoms with Gasteiger partial charge < -0.3 is 0 Å². The van der Waals surface area contributed by atoms with E-state index in [0.717, 1.165) is 43.1 Å². The molecule has 0 N–H and O–H groups in total. The molecule has 2 aliphatic rings. The highest BCUT2D eigenvalue weighted by molar-refractivity contribution is 5.22. The van der Waals surface area contributed by atoms with Crippen LogP contribution in [0.1, 0.15) is 62.8 Å². The van der Waals surface area contributed by atoms with Gasteiger partial charge in [-0.25, -0.2) is 13.2 Å². The molecule has 3 rings (SSSR count). The first-order valence-electron chi connectivity index (χ1n) is 8.89. The summed E-state index contributed by atoms with van der Waals surface area (Å²) in [6, 6.07) is 4.35. The smallest absolute Gasteiger partial charge is 0.159 e. The van der Waals surface area contributed by atoms with E-state index in [2.05, 4.69) is 0 Å². The molecule has 0 nitrogen and oxygen atoms in total. The average molecular weight is 322 g/mol. The molecule has 0 spiro atoms. The number of hydrogen-bond acceptors (Lipinski definition) is 0. The maximum atomic E-state index is 13.4. The molecule has 0 heterocycles. The lowest BCUT2D eigenvalue weighted by Gasteiger charge is -2.37. The van der Waals surface area contributed by atoms with Crippen LogP contribution in [-0.2, 0) is 0 Å². The minimum atomic E-state index is -0.762. The first-order valence-corrected chi connectivity index (χ1v) is 8.89. The molecule has 0 unspecified atom stereocenters. The lowest BCUT2D eigenvalue weighted by Crippen LogP contribution is -2.25. The summed E-state index contributed by atoms with van der Waals surface area (Å²) in [5.74, 6) is 0.823. The summed E-state index contributed by atoms with van der Waals surface area (Å²) in [5, 5.41) is 0. The normalized spacial score (nSPS) is 32.3. The largest absolute Gasteiger partial charge is 0.216 e. The topological polar surface area (TPSA) is 0 Å². The molecule has 0 saturated heterocycles. The third-order valence-corrected chi connectivity index (χ3v) is 6.01. The summed E-state index contributed by atoms with van der Waals surface area (Å²) in [6.07, 6.45) is 11.5. The van der Waals surface area contributed by atoms with Crippen LogP contribution in [0.25, 0.3) is 0 Å². The van der Waals surface area contributed by atoms with Crippen molar-refractivity contribution in [1.29, 1.82) is 0 Å². The molecule has 2 fully saturated rings. The van der Waals surface area contributed by atoms with Crippen LogP contribution in [0, 0.1) is 29.4 Å². The van der Waals surface area contributed by atoms with E-state index >= 15 is 0 Å². The van der Waals surface area contributed by atoms with E-state index in [9.17, 15) is 13.2 Å². The monoisotopic (exact) mass is 322 g/mol. The Bertz CT molecular complexity index is 536. The minimum Gasteiger partial charge on any atom is -0.216 e. The Morgan fingerprint density at radius 2 is 1.39 bits per heavy atom. The predicted molar refractivity (Wildman–Crippen MR) is 86.8 cm³/mol. The molecule has 126 valence electrons. The standard InChI is InChI=1S/C20H25F3/c21-12-11-14-1-3-15(4-2-14)16-5-7-17(8-6-16)18-9-10-19(22)20(23)13-18/h9-17H,1-8H2/b12-11+. The van der Waals surface area contributed by atoms with E-state index < -0.39 is 11.6 Å². The molecule has 1 aromatic carbocycles. The Balaban J connectivity index is 1.51. The van der Waals surface area contributed by atoms with E-state index in [4.69, 9.17) is 0 Å². The van der Waals surface area contributed by atoms with Crippen molar-refractivity contribution in [3.8, 4) is 0 Å². The Morgan fingerprint density at radius 1 is 0.783 bits per heavy atom. The van der Waals surface area contributed by atoms with Crippen LogP contribution in [0.5, 0.6) is 0 Å². The van der Waals surface area contributed by atoms with Gasteiger partial charge in [0.05, 0.1) is 6.33 Å². The molecule has 1 aromatic rings. The van der Waals surface area contributed by atoms with Crippen LogP contribution in [0.15, 0.2) is 30.6 Å². The third-order valence-electron chi connectivity index (χ3n) is 6.01. The second-order valence-electron chi connectivity index (χ2n) is 7.28. The van der Waals surface area contributed by atoms with Gasteiger partial charge in [0.1, 0.15) is 0 Å². The molecule has 3 heteroatoms. The van der Waals surface area contributed by atoms with E-state index in [1.807, 2.05) is 0 Å². The van der Waals surface area contributed by atoms with Gasteiger partial charge in [0, 0.05) is 0 Å². The maximum absolute atomic E-state index is 13.4. The highest BCUT2D eigenvalue weighted by Crippen LogP contribution is 2.44. The Hall–Kier alpha value is -1.25. The van der Waals surface area contributed by atoms with Crippen LogP contribution in [0.3, 0.4) is 0 Å². The zero-order valence-corrected chi connectivity index (χ0v) is 13.5. The lowest BCUT2D eigenvalue weighted by molar-refractivity contribution is 0.171. The fraction of sp³-hybridized carbons (Fsp3) is 0.600. The molecule has 23 heavy (non-hydrogen) atoms. The molecule has 0 aliphatic heterocycles. The fourth-order valence-corrected chi connectivity index (χ4v) is 4.60. The number of allylic oxidation sites excluding steroid dienone is 1. The van der Waals surface area contributed by atoms with Crippen molar-refractivity contribution >= 4 is 0 Å². The number of rotatable bonds is 3. The highest BCUT2D eigenvalue weighted by Gasteiger charge is 2.31. The number of benzene rings is 1. The van der Waals surface area contributed by atoms with Crippen molar-refractivity contribution in [3.63, 3.8) is 0 Å². The average Bonchev–Trinajstić information content (AvgIpc) is 2.59. The minimum absolute atomic E-state index is 0.368. The second kappa shape index (κ2) is 7.55. The van der Waals surface area contributed by atoms with Gasteiger partial charge in [-0.15, -0.1) is 0 Å². The summed E-state index contributed by atoms with van der Waals surface area (Å²) in [5.41, 5.74) is 0.944. The summed E-state index contributed by atoms with van der Waals surface area (Å²) in [4.78, 5) is 0. The summed E-state index contributed by atoms with van der Waals surface area (Å²) in [7, 11) is 0. The van der Waals surface area contributed by atoms with Gasteiger partial charge in [0.2, 0.25) is 0 Å². The van der Waals surface area contributed by atoms with Crippen LogP contribution in [0.4, 0.5) is 13.2 Å². The van der Waals surface area contributed by atoms with E-state index in [0.29, 0.717) is 18.2 Å². The number of halogens is 3. The van der Waals surface area contributed by atoms with Crippen molar-refractivity contribution in [2.24, 2.45) is 17.8 Å². The van der Waals surface area contributed by atoms with Gasteiger partial charge in [0.25, 0.3) is 0 Å². The molecular weight excluding hydrogens is 297 g/mol. The Labute approximate surface area is 136 Å². The van der Waals surface area contributed by atoms with Crippen LogP contribution in [0.2, 0.25) is 0 Å². The van der Waals surface area contributed by atoms with Gasteiger partial charge in [-0.05, 0) is 92.7 Å². The van der Waals surface area contributed by atoms with Crippen molar-refractivity contribution in [2.45, 2.75) is 57.3 Å². The van der Waals surface area contributed by atoms with Crippen molar-refractivity contribution < 1.29 is 13.2 Å². The Kier molecular flexibility index (Phi) is 5.45. The second-order valence-corrected chi connectivity index (χ2v) is 7.28. The van der Waals surface area contributed by atoms with E-state index in [1.165, 1.54) is 37.8 Å². The molecule has 0 bridgehead atoms. The maximum Gasteiger partial charge on any atom is 0.159 e. The van der Waals surface area contributed by atoms with E-state index in [-0.39, 0.29) is 0 Å². The SMILES string of the molecule is F/C=C/C1CCC(C2CCC(c3ccc(F)c(F)c3)CC2)CC1. The Morgan fingerprint density at radius 3 is 1.96 bits per heavy atom. The predicted octanol–water partition coefficient (Wildman–Crippen LogP) is 6.53. The molecule has 2 aliphatic carbocycles. The molecular formula is C20H25F3. The first kappa shape index (κ1) is 16.6.